The highest BCUT2D eigenvalue weighted by Crippen LogP contribution is 2.28. The third-order valence-corrected chi connectivity index (χ3v) is 11.0. The van der Waals surface area contributed by atoms with E-state index in [4.69, 9.17) is 0 Å². The van der Waals surface area contributed by atoms with Gasteiger partial charge in [0.2, 0.25) is 21.8 Å². The second-order valence-corrected chi connectivity index (χ2v) is 15.5. The van der Waals surface area contributed by atoms with E-state index in [0.717, 1.165) is 45.2 Å². The average Bonchev–Trinajstić information content (AvgIpc) is 3.49. The molecule has 0 spiro atoms. The molecule has 2 amide bonds. The predicted octanol–water partition coefficient (Wildman–Crippen LogP) is 3.25. The van der Waals surface area contributed by atoms with Crippen molar-refractivity contribution in [1.82, 2.24) is 24.7 Å². The van der Waals surface area contributed by atoms with Gasteiger partial charge < -0.3 is 15.5 Å². The van der Waals surface area contributed by atoms with E-state index in [1.165, 1.54) is 17.4 Å². The van der Waals surface area contributed by atoms with E-state index in [2.05, 4.69) is 53.7 Å². The number of nitrogens with zero attached hydrogens (tertiary/aromatic N) is 3. The Kier molecular flexibility index (Phi) is 11.0. The molecule has 0 aromatic heterocycles. The molecule has 2 unspecified atom stereocenters. The fraction of sp³-hybridized carbons (Fsp3) is 0.647. The minimum atomic E-state index is -3.18. The van der Waals surface area contributed by atoms with Gasteiger partial charge in [0.15, 0.2) is 0 Å². The quantitative estimate of drug-likeness (QED) is 0.392. The van der Waals surface area contributed by atoms with E-state index in [-0.39, 0.29) is 29.8 Å². The topological polar surface area (TPSA) is 102 Å². The summed E-state index contributed by atoms with van der Waals surface area (Å²) in [6, 6.07) is 8.21. The predicted molar refractivity (Wildman–Crippen MR) is 174 cm³/mol. The van der Waals surface area contributed by atoms with Crippen LogP contribution in [0, 0.1) is 11.8 Å². The maximum absolute atomic E-state index is 14.1. The van der Waals surface area contributed by atoms with Crippen LogP contribution >= 0.6 is 0 Å². The molecule has 1 aliphatic carbocycles. The van der Waals surface area contributed by atoms with Gasteiger partial charge >= 0.3 is 0 Å². The Morgan fingerprint density at radius 2 is 1.82 bits per heavy atom. The van der Waals surface area contributed by atoms with E-state index in [1.807, 2.05) is 29.2 Å². The average molecular weight is 626 g/mol. The summed E-state index contributed by atoms with van der Waals surface area (Å²) in [5, 5.41) is 6.68. The van der Waals surface area contributed by atoms with E-state index < -0.39 is 16.1 Å². The summed E-state index contributed by atoms with van der Waals surface area (Å²) in [4.78, 5) is 32.1. The summed E-state index contributed by atoms with van der Waals surface area (Å²) >= 11 is 0. The molecule has 4 aliphatic rings. The van der Waals surface area contributed by atoms with Crippen LogP contribution in [0.4, 0.5) is 0 Å². The summed E-state index contributed by atoms with van der Waals surface area (Å²) in [7, 11) is -3.18. The second-order valence-electron chi connectivity index (χ2n) is 13.5. The molecule has 3 aliphatic heterocycles. The van der Waals surface area contributed by atoms with Gasteiger partial charge in [0.1, 0.15) is 6.04 Å². The van der Waals surface area contributed by atoms with E-state index in [0.29, 0.717) is 51.0 Å². The Morgan fingerprint density at radius 3 is 2.52 bits per heavy atom. The number of amides is 2. The first kappa shape index (κ1) is 32.9. The number of piperidine rings is 1. The number of carbonyl (C=O) groups is 2. The molecule has 44 heavy (non-hydrogen) atoms. The third kappa shape index (κ3) is 8.38. The van der Waals surface area contributed by atoms with E-state index >= 15 is 0 Å². The number of allylic oxidation sites excluding steroid dienone is 4. The Bertz CT molecular complexity index is 1320. The monoisotopic (exact) mass is 625 g/mol. The minimum absolute atomic E-state index is 0.0113. The van der Waals surface area contributed by atoms with Gasteiger partial charge in [-0.3, -0.25) is 14.5 Å². The molecule has 2 fully saturated rings. The maximum atomic E-state index is 14.1. The molecular weight excluding hydrogens is 574 g/mol. The van der Waals surface area contributed by atoms with Gasteiger partial charge in [-0.2, -0.15) is 0 Å². The molecule has 3 heterocycles. The summed E-state index contributed by atoms with van der Waals surface area (Å²) in [5.41, 5.74) is 2.46. The van der Waals surface area contributed by atoms with Crippen molar-refractivity contribution in [1.29, 1.82) is 0 Å². The lowest BCUT2D eigenvalue weighted by atomic mass is 9.91. The van der Waals surface area contributed by atoms with Crippen LogP contribution in [0.25, 0.3) is 0 Å². The van der Waals surface area contributed by atoms with Gasteiger partial charge in [-0.05, 0) is 68.0 Å². The number of nitrogens with one attached hydrogen (secondary N) is 2. The van der Waals surface area contributed by atoms with Crippen LogP contribution in [0.1, 0.15) is 69.5 Å². The van der Waals surface area contributed by atoms with Crippen molar-refractivity contribution in [3.8, 4) is 0 Å². The zero-order chi connectivity index (χ0) is 31.3. The molecule has 0 saturated carbocycles. The first-order valence-electron chi connectivity index (χ1n) is 16.5. The number of sulfonamides is 1. The third-order valence-electron chi connectivity index (χ3n) is 9.73. The van der Waals surface area contributed by atoms with Crippen molar-refractivity contribution in [3.05, 3.63) is 59.7 Å². The fourth-order valence-electron chi connectivity index (χ4n) is 7.50. The molecule has 0 bridgehead atoms. The molecule has 10 heteroatoms. The lowest BCUT2D eigenvalue weighted by Gasteiger charge is -2.41. The second kappa shape index (κ2) is 14.7. The van der Waals surface area contributed by atoms with Gasteiger partial charge in [-0.15, -0.1) is 0 Å². The van der Waals surface area contributed by atoms with Gasteiger partial charge in [0.25, 0.3) is 0 Å². The first-order valence-corrected chi connectivity index (χ1v) is 18.4. The van der Waals surface area contributed by atoms with E-state index in [9.17, 15) is 18.0 Å². The van der Waals surface area contributed by atoms with Crippen LogP contribution in [0.2, 0.25) is 0 Å². The maximum Gasteiger partial charge on any atom is 0.245 e. The molecule has 0 radical (unpaired) electrons. The zero-order valence-electron chi connectivity index (χ0n) is 26.7. The number of hydrogen-bond acceptors (Lipinski definition) is 6. The fourth-order valence-corrected chi connectivity index (χ4v) is 8.37. The van der Waals surface area contributed by atoms with Crippen LogP contribution < -0.4 is 10.6 Å². The standard InChI is InChI=1S/C34H51N5O4S/c1-25(2)23-39(28-15-19-38(20-16-28)44(3,42)43)29-14-18-37(24-29)34(41)32(21-26-9-5-4-6-10-26)36-33(40)22-31-30-12-8-7-11-27(30)13-17-35-31/h4-9,11-12,25-26,28-29,31-32,35H,10,13-24H2,1-3H3,(H,36,40)/t26?,29-,31?,32-/m1/s1. The molecular formula is C34H51N5O4S. The SMILES string of the molecule is CC(C)CN(C1CCN(S(C)(=O)=O)CC1)[C@@H]1CCN(C(=O)[C@@H](CC2C=CC=CC2)NC(=O)CC2NCCc3ccccc32)C1. The van der Waals surface area contributed by atoms with Gasteiger partial charge in [0, 0.05) is 57.3 Å². The Balaban J connectivity index is 1.25. The summed E-state index contributed by atoms with van der Waals surface area (Å²) in [6.07, 6.45) is 14.8. The largest absolute Gasteiger partial charge is 0.344 e. The highest BCUT2D eigenvalue weighted by Gasteiger charge is 2.39. The molecule has 5 rings (SSSR count). The van der Waals surface area contributed by atoms with Gasteiger partial charge in [-0.25, -0.2) is 12.7 Å². The Morgan fingerprint density at radius 1 is 1.07 bits per heavy atom. The van der Waals surface area contributed by atoms with Crippen LogP contribution in [0.5, 0.6) is 0 Å². The molecule has 9 nitrogen and oxygen atoms in total. The normalized spacial score (nSPS) is 25.4. The van der Waals surface area contributed by atoms with Crippen molar-refractivity contribution >= 4 is 21.8 Å². The molecule has 2 N–H and O–H groups in total. The van der Waals surface area contributed by atoms with Crippen LogP contribution in [0.15, 0.2) is 48.6 Å². The number of benzene rings is 1. The molecule has 242 valence electrons. The lowest BCUT2D eigenvalue weighted by Crippen LogP contribution is -2.53. The number of fused-ring (bicyclic) bond motifs is 1. The van der Waals surface area contributed by atoms with Crippen LogP contribution in [-0.4, -0.2) is 98.0 Å². The highest BCUT2D eigenvalue weighted by atomic mass is 32.2. The smallest absolute Gasteiger partial charge is 0.245 e. The van der Waals surface area contributed by atoms with Gasteiger partial charge in [0.05, 0.1) is 6.26 Å². The number of likely N-dealkylation sites (tertiary alicyclic amines) is 1. The zero-order valence-corrected chi connectivity index (χ0v) is 27.5. The lowest BCUT2D eigenvalue weighted by molar-refractivity contribution is -0.136. The number of hydrogen-bond donors (Lipinski definition) is 2. The molecule has 4 atom stereocenters. The summed E-state index contributed by atoms with van der Waals surface area (Å²) < 4.78 is 25.8. The number of rotatable bonds is 11. The van der Waals surface area contributed by atoms with E-state index in [1.54, 1.807) is 4.31 Å². The molecule has 2 saturated heterocycles. The molecule has 1 aromatic carbocycles. The van der Waals surface area contributed by atoms with Crippen LogP contribution in [0.3, 0.4) is 0 Å². The Labute approximate surface area is 264 Å². The van der Waals surface area contributed by atoms with Crippen molar-refractivity contribution in [3.63, 3.8) is 0 Å². The highest BCUT2D eigenvalue weighted by molar-refractivity contribution is 7.88. The van der Waals surface area contributed by atoms with Crippen molar-refractivity contribution < 1.29 is 18.0 Å². The van der Waals surface area contributed by atoms with Gasteiger partial charge in [-0.1, -0.05) is 62.4 Å². The number of carbonyl (C=O) groups excluding carboxylic acids is 2. The Hall–Kier alpha value is -2.53. The van der Waals surface area contributed by atoms with Crippen molar-refractivity contribution in [2.24, 2.45) is 11.8 Å². The summed E-state index contributed by atoms with van der Waals surface area (Å²) in [5.74, 6) is 0.586. The molecule has 1 aromatic rings. The summed E-state index contributed by atoms with van der Waals surface area (Å²) in [6.45, 7) is 8.60. The first-order chi connectivity index (χ1) is 21.1. The van der Waals surface area contributed by atoms with Crippen molar-refractivity contribution in [2.75, 3.05) is 45.5 Å². The van der Waals surface area contributed by atoms with Crippen molar-refractivity contribution in [2.45, 2.75) is 83.0 Å². The van der Waals surface area contributed by atoms with Crippen LogP contribution in [-0.2, 0) is 26.0 Å². The minimum Gasteiger partial charge on any atom is -0.344 e.